The van der Waals surface area contributed by atoms with Crippen LogP contribution < -0.4 is 10.6 Å². The molecule has 0 aliphatic heterocycles. The number of anilines is 1. The molecule has 0 spiro atoms. The first-order valence-electron chi connectivity index (χ1n) is 5.93. The number of nitrogens with one attached hydrogen (secondary N) is 2. The summed E-state index contributed by atoms with van der Waals surface area (Å²) in [6.45, 7) is 4.42. The molecule has 100 valence electrons. The topological polar surface area (TPSA) is 64.9 Å². The third-order valence-electron chi connectivity index (χ3n) is 2.24. The molecule has 0 aliphatic carbocycles. The average Bonchev–Trinajstić information content (AvgIpc) is 2.37. The van der Waals surface area contributed by atoms with Gasteiger partial charge < -0.3 is 10.6 Å². The second-order valence-electron chi connectivity index (χ2n) is 4.43. The molecule has 0 radical (unpaired) electrons. The molecule has 0 aliphatic rings. The molecule has 0 aromatic heterocycles. The highest BCUT2D eigenvalue weighted by molar-refractivity contribution is 5.97. The zero-order chi connectivity index (χ0) is 14.3. The minimum absolute atomic E-state index is 0.0510. The molecule has 1 aromatic carbocycles. The Labute approximate surface area is 111 Å². The first kappa shape index (κ1) is 14.7. The Hall–Kier alpha value is -2.35. The molecule has 1 aromatic rings. The summed E-state index contributed by atoms with van der Waals surface area (Å²) in [5, 5.41) is 14.3. The van der Waals surface area contributed by atoms with Gasteiger partial charge in [0.15, 0.2) is 0 Å². The summed E-state index contributed by atoms with van der Waals surface area (Å²) < 4.78 is 12.9. The normalized spacial score (nSPS) is 11.0. The molecule has 19 heavy (non-hydrogen) atoms. The molecule has 0 fully saturated rings. The van der Waals surface area contributed by atoms with Crippen LogP contribution in [0.15, 0.2) is 36.0 Å². The fourth-order valence-electron chi connectivity index (χ4n) is 1.27. The SMILES string of the molecule is CC(C)CNC(=O)/C(C#N)=C\Nc1cccc(F)c1. The molecule has 0 saturated heterocycles. The van der Waals surface area contributed by atoms with E-state index in [1.54, 1.807) is 12.1 Å². The number of rotatable bonds is 5. The van der Waals surface area contributed by atoms with Gasteiger partial charge in [0.1, 0.15) is 17.5 Å². The van der Waals surface area contributed by atoms with Crippen LogP contribution in [0, 0.1) is 23.1 Å². The van der Waals surface area contributed by atoms with E-state index in [0.29, 0.717) is 18.2 Å². The van der Waals surface area contributed by atoms with E-state index in [1.165, 1.54) is 24.4 Å². The molecule has 0 saturated carbocycles. The molecule has 0 heterocycles. The summed E-state index contributed by atoms with van der Waals surface area (Å²) in [6, 6.07) is 7.57. The van der Waals surface area contributed by atoms with E-state index in [2.05, 4.69) is 10.6 Å². The maximum Gasteiger partial charge on any atom is 0.263 e. The molecule has 2 N–H and O–H groups in total. The van der Waals surface area contributed by atoms with E-state index in [1.807, 2.05) is 13.8 Å². The zero-order valence-electron chi connectivity index (χ0n) is 10.9. The minimum atomic E-state index is -0.444. The number of halogens is 1. The van der Waals surface area contributed by atoms with Gasteiger partial charge in [-0.15, -0.1) is 0 Å². The fourth-order valence-corrected chi connectivity index (χ4v) is 1.27. The summed E-state index contributed by atoms with van der Waals surface area (Å²) >= 11 is 0. The number of hydrogen-bond acceptors (Lipinski definition) is 3. The van der Waals surface area contributed by atoms with Crippen molar-refractivity contribution in [3.63, 3.8) is 0 Å². The highest BCUT2D eigenvalue weighted by atomic mass is 19.1. The van der Waals surface area contributed by atoms with Crippen molar-refractivity contribution < 1.29 is 9.18 Å². The zero-order valence-corrected chi connectivity index (χ0v) is 10.9. The van der Waals surface area contributed by atoms with Crippen molar-refractivity contribution in [2.24, 2.45) is 5.92 Å². The van der Waals surface area contributed by atoms with Crippen LogP contribution >= 0.6 is 0 Å². The van der Waals surface area contributed by atoms with E-state index in [9.17, 15) is 9.18 Å². The highest BCUT2D eigenvalue weighted by Gasteiger charge is 2.08. The van der Waals surface area contributed by atoms with Gasteiger partial charge >= 0.3 is 0 Å². The Morgan fingerprint density at radius 3 is 2.84 bits per heavy atom. The van der Waals surface area contributed by atoms with Crippen LogP contribution in [0.1, 0.15) is 13.8 Å². The Balaban J connectivity index is 2.67. The monoisotopic (exact) mass is 261 g/mol. The van der Waals surface area contributed by atoms with Crippen molar-refractivity contribution >= 4 is 11.6 Å². The van der Waals surface area contributed by atoms with Gasteiger partial charge in [-0.05, 0) is 24.1 Å². The number of benzene rings is 1. The lowest BCUT2D eigenvalue weighted by Crippen LogP contribution is -2.28. The molecular formula is C14H16FN3O. The Kier molecular flexibility index (Phi) is 5.55. The van der Waals surface area contributed by atoms with Gasteiger partial charge in [-0.25, -0.2) is 4.39 Å². The van der Waals surface area contributed by atoms with Crippen molar-refractivity contribution in [1.29, 1.82) is 5.26 Å². The summed E-state index contributed by atoms with van der Waals surface area (Å²) in [6.07, 6.45) is 1.27. The van der Waals surface area contributed by atoms with Crippen LogP contribution in [0.2, 0.25) is 0 Å². The molecule has 4 nitrogen and oxygen atoms in total. The Morgan fingerprint density at radius 1 is 1.53 bits per heavy atom. The lowest BCUT2D eigenvalue weighted by Gasteiger charge is -2.07. The quantitative estimate of drug-likeness (QED) is 0.632. The maximum atomic E-state index is 12.9. The Morgan fingerprint density at radius 2 is 2.26 bits per heavy atom. The number of hydrogen-bond donors (Lipinski definition) is 2. The standard InChI is InChI=1S/C14H16FN3O/c1-10(2)8-18-14(19)11(7-16)9-17-13-5-3-4-12(15)6-13/h3-6,9-10,17H,8H2,1-2H3,(H,18,19)/b11-9-. The van der Waals surface area contributed by atoms with E-state index in [-0.39, 0.29) is 11.4 Å². The number of carbonyl (C=O) groups is 1. The van der Waals surface area contributed by atoms with Crippen LogP contribution in [0.4, 0.5) is 10.1 Å². The lowest BCUT2D eigenvalue weighted by atomic mass is 10.2. The van der Waals surface area contributed by atoms with Gasteiger partial charge in [-0.2, -0.15) is 5.26 Å². The van der Waals surface area contributed by atoms with E-state index in [0.717, 1.165) is 0 Å². The maximum absolute atomic E-state index is 12.9. The summed E-state index contributed by atoms with van der Waals surface area (Å²) in [4.78, 5) is 11.7. The second-order valence-corrected chi connectivity index (χ2v) is 4.43. The van der Waals surface area contributed by atoms with Gasteiger partial charge in [0.25, 0.3) is 5.91 Å². The third kappa shape index (κ3) is 5.21. The molecule has 0 bridgehead atoms. The van der Waals surface area contributed by atoms with E-state index in [4.69, 9.17) is 5.26 Å². The molecular weight excluding hydrogens is 245 g/mol. The average molecular weight is 261 g/mol. The minimum Gasteiger partial charge on any atom is -0.360 e. The van der Waals surface area contributed by atoms with Crippen molar-refractivity contribution in [2.75, 3.05) is 11.9 Å². The van der Waals surface area contributed by atoms with Crippen LogP contribution in [-0.2, 0) is 4.79 Å². The van der Waals surface area contributed by atoms with E-state index >= 15 is 0 Å². The van der Waals surface area contributed by atoms with Crippen molar-refractivity contribution in [2.45, 2.75) is 13.8 Å². The lowest BCUT2D eigenvalue weighted by molar-refractivity contribution is -0.117. The smallest absolute Gasteiger partial charge is 0.263 e. The van der Waals surface area contributed by atoms with Crippen LogP contribution in [0.25, 0.3) is 0 Å². The van der Waals surface area contributed by atoms with Gasteiger partial charge in [0.05, 0.1) is 0 Å². The number of nitriles is 1. The van der Waals surface area contributed by atoms with Crippen molar-refractivity contribution in [3.8, 4) is 6.07 Å². The summed E-state index contributed by atoms with van der Waals surface area (Å²) in [5.74, 6) is -0.527. The molecule has 0 unspecified atom stereocenters. The summed E-state index contributed by atoms with van der Waals surface area (Å²) in [5.41, 5.74) is 0.425. The van der Waals surface area contributed by atoms with Crippen LogP contribution in [0.5, 0.6) is 0 Å². The van der Waals surface area contributed by atoms with Crippen LogP contribution in [0.3, 0.4) is 0 Å². The number of nitrogens with zero attached hydrogens (tertiary/aromatic N) is 1. The summed E-state index contributed by atoms with van der Waals surface area (Å²) in [7, 11) is 0. The van der Waals surface area contributed by atoms with Crippen LogP contribution in [-0.4, -0.2) is 12.5 Å². The van der Waals surface area contributed by atoms with E-state index < -0.39 is 5.91 Å². The molecule has 5 heteroatoms. The fraction of sp³-hybridized carbons (Fsp3) is 0.286. The Bertz CT molecular complexity index is 518. The van der Waals surface area contributed by atoms with Gasteiger partial charge in [-0.1, -0.05) is 19.9 Å². The molecule has 1 rings (SSSR count). The predicted octanol–water partition coefficient (Wildman–Crippen LogP) is 2.42. The molecule has 0 atom stereocenters. The third-order valence-corrected chi connectivity index (χ3v) is 2.24. The highest BCUT2D eigenvalue weighted by Crippen LogP contribution is 2.09. The predicted molar refractivity (Wildman–Crippen MR) is 71.6 cm³/mol. The van der Waals surface area contributed by atoms with Gasteiger partial charge in [-0.3, -0.25) is 4.79 Å². The number of carbonyl (C=O) groups excluding carboxylic acids is 1. The number of amides is 1. The first-order valence-corrected chi connectivity index (χ1v) is 5.93. The van der Waals surface area contributed by atoms with Gasteiger partial charge in [0, 0.05) is 18.4 Å². The molecule has 1 amide bonds. The van der Waals surface area contributed by atoms with Crippen molar-refractivity contribution in [1.82, 2.24) is 5.32 Å². The first-order chi connectivity index (χ1) is 9.02. The van der Waals surface area contributed by atoms with Crippen molar-refractivity contribution in [3.05, 3.63) is 41.9 Å². The largest absolute Gasteiger partial charge is 0.360 e. The second kappa shape index (κ2) is 7.17. The van der Waals surface area contributed by atoms with Gasteiger partial charge in [0.2, 0.25) is 0 Å².